The largest absolute Gasteiger partial charge is 0.463 e. The zero-order chi connectivity index (χ0) is 26.0. The van der Waals surface area contributed by atoms with Gasteiger partial charge in [0.15, 0.2) is 0 Å². The Kier molecular flexibility index (Phi) is 10.3. The molecule has 12 nitrogen and oxygen atoms in total. The second-order valence-corrected chi connectivity index (χ2v) is 7.49. The Hall–Kier alpha value is -3.80. The number of rotatable bonds is 12. The van der Waals surface area contributed by atoms with E-state index in [-0.39, 0.29) is 48.1 Å². The lowest BCUT2D eigenvalue weighted by Gasteiger charge is -2.31. The van der Waals surface area contributed by atoms with E-state index in [4.69, 9.17) is 24.7 Å². The summed E-state index contributed by atoms with van der Waals surface area (Å²) in [4.78, 5) is 53.0. The maximum absolute atomic E-state index is 13.2. The summed E-state index contributed by atoms with van der Waals surface area (Å²) in [5.74, 6) is -3.98. The van der Waals surface area contributed by atoms with Crippen molar-refractivity contribution in [1.29, 1.82) is 0 Å². The van der Waals surface area contributed by atoms with Crippen molar-refractivity contribution in [2.75, 3.05) is 33.0 Å². The fourth-order valence-electron chi connectivity index (χ4n) is 3.73. The minimum atomic E-state index is -1.19. The highest BCUT2D eigenvalue weighted by atomic mass is 16.6. The van der Waals surface area contributed by atoms with Gasteiger partial charge in [0.25, 0.3) is 5.69 Å². The summed E-state index contributed by atoms with van der Waals surface area (Å²) in [5.41, 5.74) is 4.87. The first kappa shape index (κ1) is 27.4. The first-order valence-corrected chi connectivity index (χ1v) is 11.1. The highest BCUT2D eigenvalue weighted by Gasteiger charge is 2.45. The van der Waals surface area contributed by atoms with Crippen molar-refractivity contribution in [3.63, 3.8) is 0 Å². The Balaban J connectivity index is 2.62. The number of aliphatic imine (C=N–C) groups is 1. The van der Waals surface area contributed by atoms with E-state index in [1.54, 1.807) is 13.0 Å². The van der Waals surface area contributed by atoms with Gasteiger partial charge in [0.2, 0.25) is 0 Å². The highest BCUT2D eigenvalue weighted by Crippen LogP contribution is 2.43. The molecule has 2 N–H and O–H groups in total. The van der Waals surface area contributed by atoms with Gasteiger partial charge in [0, 0.05) is 29.9 Å². The third-order valence-electron chi connectivity index (χ3n) is 5.11. The van der Waals surface area contributed by atoms with Crippen molar-refractivity contribution in [3.05, 3.63) is 51.2 Å². The van der Waals surface area contributed by atoms with Gasteiger partial charge in [-0.2, -0.15) is 0 Å². The molecule has 1 aliphatic rings. The summed E-state index contributed by atoms with van der Waals surface area (Å²) in [6.07, 6.45) is -0.309. The third kappa shape index (κ3) is 7.09. The van der Waals surface area contributed by atoms with Crippen LogP contribution in [0, 0.1) is 16.0 Å². The smallest absolute Gasteiger partial charge is 0.404 e. The minimum Gasteiger partial charge on any atom is -0.463 e. The number of benzene rings is 1. The lowest BCUT2D eigenvalue weighted by molar-refractivity contribution is -0.385. The number of amides is 1. The summed E-state index contributed by atoms with van der Waals surface area (Å²) < 4.78 is 20.7. The van der Waals surface area contributed by atoms with Crippen LogP contribution >= 0.6 is 0 Å². The van der Waals surface area contributed by atoms with Crippen LogP contribution < -0.4 is 5.73 Å². The van der Waals surface area contributed by atoms with Crippen LogP contribution in [-0.4, -0.2) is 61.7 Å². The number of carbonyl (C=O) groups excluding carboxylic acids is 3. The summed E-state index contributed by atoms with van der Waals surface area (Å²) in [6.45, 7) is 5.14. The molecule has 1 aromatic rings. The van der Waals surface area contributed by atoms with E-state index in [1.165, 1.54) is 25.1 Å². The SMILES string of the molecule is CCCOCCOC(=O)C1C(C)=NC(COC(N)=O)=C(C(=O)OCC)C1c1ccccc1[N+](=O)[O-]. The molecular formula is C23H29N3O9. The fraction of sp³-hybridized carbons (Fsp3) is 0.478. The van der Waals surface area contributed by atoms with Crippen LogP contribution in [-0.2, 0) is 28.5 Å². The van der Waals surface area contributed by atoms with Gasteiger partial charge in [0.1, 0.15) is 19.1 Å². The van der Waals surface area contributed by atoms with Gasteiger partial charge in [-0.15, -0.1) is 0 Å². The average molecular weight is 491 g/mol. The first-order chi connectivity index (χ1) is 16.7. The van der Waals surface area contributed by atoms with Crippen molar-refractivity contribution < 1.29 is 38.3 Å². The van der Waals surface area contributed by atoms with Crippen molar-refractivity contribution >= 4 is 29.4 Å². The predicted molar refractivity (Wildman–Crippen MR) is 124 cm³/mol. The zero-order valence-corrected chi connectivity index (χ0v) is 19.9. The topological polar surface area (TPSA) is 170 Å². The molecule has 0 spiro atoms. The van der Waals surface area contributed by atoms with Crippen molar-refractivity contribution in [2.45, 2.75) is 33.1 Å². The molecule has 1 heterocycles. The molecule has 0 saturated heterocycles. The number of esters is 2. The Labute approximate surface area is 202 Å². The fourth-order valence-corrected chi connectivity index (χ4v) is 3.73. The van der Waals surface area contributed by atoms with E-state index < -0.39 is 41.4 Å². The van der Waals surface area contributed by atoms with Gasteiger partial charge in [0.05, 0.1) is 29.4 Å². The average Bonchev–Trinajstić information content (AvgIpc) is 2.81. The molecular weight excluding hydrogens is 462 g/mol. The van der Waals surface area contributed by atoms with E-state index in [1.807, 2.05) is 6.92 Å². The van der Waals surface area contributed by atoms with Crippen LogP contribution in [0.2, 0.25) is 0 Å². The first-order valence-electron chi connectivity index (χ1n) is 11.1. The molecule has 0 fully saturated rings. The zero-order valence-electron chi connectivity index (χ0n) is 19.9. The number of hydrogen-bond acceptors (Lipinski definition) is 10. The van der Waals surface area contributed by atoms with E-state index in [0.717, 1.165) is 6.42 Å². The molecule has 190 valence electrons. The van der Waals surface area contributed by atoms with Crippen LogP contribution in [0.3, 0.4) is 0 Å². The van der Waals surface area contributed by atoms with Crippen LogP contribution in [0.4, 0.5) is 10.5 Å². The van der Waals surface area contributed by atoms with Gasteiger partial charge in [-0.05, 0) is 20.3 Å². The molecule has 2 rings (SSSR count). The minimum absolute atomic E-state index is 0.0114. The van der Waals surface area contributed by atoms with E-state index in [9.17, 15) is 24.5 Å². The Bertz CT molecular complexity index is 1020. The van der Waals surface area contributed by atoms with Crippen molar-refractivity contribution in [1.82, 2.24) is 0 Å². The lowest BCUT2D eigenvalue weighted by atomic mass is 9.75. The molecule has 0 saturated carbocycles. The van der Waals surface area contributed by atoms with Crippen LogP contribution in [0.1, 0.15) is 38.7 Å². The Morgan fingerprint density at radius 1 is 1.09 bits per heavy atom. The van der Waals surface area contributed by atoms with Crippen LogP contribution in [0.5, 0.6) is 0 Å². The van der Waals surface area contributed by atoms with Gasteiger partial charge in [-0.1, -0.05) is 25.1 Å². The molecule has 0 bridgehead atoms. The third-order valence-corrected chi connectivity index (χ3v) is 5.11. The van der Waals surface area contributed by atoms with Crippen LogP contribution in [0.15, 0.2) is 40.5 Å². The molecule has 2 atom stereocenters. The van der Waals surface area contributed by atoms with E-state index in [0.29, 0.717) is 6.61 Å². The predicted octanol–water partition coefficient (Wildman–Crippen LogP) is 2.65. The van der Waals surface area contributed by atoms with E-state index >= 15 is 0 Å². The summed E-state index contributed by atoms with van der Waals surface area (Å²) in [5, 5.41) is 11.8. The summed E-state index contributed by atoms with van der Waals surface area (Å²) >= 11 is 0. The van der Waals surface area contributed by atoms with E-state index in [2.05, 4.69) is 4.99 Å². The highest BCUT2D eigenvalue weighted by molar-refractivity contribution is 6.07. The molecule has 1 aliphatic heterocycles. The number of nitro benzene ring substituents is 1. The second-order valence-electron chi connectivity index (χ2n) is 7.49. The summed E-state index contributed by atoms with van der Waals surface area (Å²) in [6, 6.07) is 5.72. The number of hydrogen-bond donors (Lipinski definition) is 1. The van der Waals surface area contributed by atoms with Gasteiger partial charge < -0.3 is 24.7 Å². The number of carbonyl (C=O) groups is 3. The molecule has 0 radical (unpaired) electrons. The molecule has 1 amide bonds. The Morgan fingerprint density at radius 2 is 1.80 bits per heavy atom. The second kappa shape index (κ2) is 13.2. The van der Waals surface area contributed by atoms with Crippen LogP contribution in [0.25, 0.3) is 0 Å². The van der Waals surface area contributed by atoms with Crippen molar-refractivity contribution in [2.24, 2.45) is 16.6 Å². The maximum atomic E-state index is 13.2. The number of nitrogens with two attached hydrogens (primary N) is 1. The number of para-hydroxylation sites is 1. The molecule has 1 aromatic carbocycles. The lowest BCUT2D eigenvalue weighted by Crippen LogP contribution is -2.38. The monoisotopic (exact) mass is 491 g/mol. The quantitative estimate of drug-likeness (QED) is 0.152. The number of nitro groups is 1. The number of nitrogens with zero attached hydrogens (tertiary/aromatic N) is 2. The maximum Gasteiger partial charge on any atom is 0.404 e. The normalized spacial score (nSPS) is 17.4. The standard InChI is InChI=1S/C23H29N3O9/c1-4-10-32-11-12-34-21(27)18-14(3)25-16(13-35-23(24)29)20(22(28)33-5-2)19(18)15-8-6-7-9-17(15)26(30)31/h6-9,18-19H,4-5,10-13H2,1-3H3,(H2,24,29). The molecule has 2 unspecified atom stereocenters. The number of ether oxygens (including phenoxy) is 4. The molecule has 12 heteroatoms. The Morgan fingerprint density at radius 3 is 2.43 bits per heavy atom. The van der Waals surface area contributed by atoms with Gasteiger partial charge in [-0.25, -0.2) is 9.59 Å². The summed E-state index contributed by atoms with van der Waals surface area (Å²) in [7, 11) is 0. The van der Waals surface area contributed by atoms with Crippen molar-refractivity contribution in [3.8, 4) is 0 Å². The molecule has 0 aromatic heterocycles. The molecule has 0 aliphatic carbocycles. The van der Waals surface area contributed by atoms with Gasteiger partial charge >= 0.3 is 18.0 Å². The number of primary amides is 1. The van der Waals surface area contributed by atoms with Gasteiger partial charge in [-0.3, -0.25) is 19.9 Å². The molecule has 35 heavy (non-hydrogen) atoms.